The molecule has 0 unspecified atom stereocenters. The van der Waals surface area contributed by atoms with Crippen molar-refractivity contribution in [3.8, 4) is 0 Å². The van der Waals surface area contributed by atoms with Crippen molar-refractivity contribution in [1.82, 2.24) is 4.31 Å². The summed E-state index contributed by atoms with van der Waals surface area (Å²) in [5, 5.41) is 0. The van der Waals surface area contributed by atoms with Gasteiger partial charge in [-0.25, -0.2) is 12.7 Å². The van der Waals surface area contributed by atoms with E-state index in [0.717, 1.165) is 12.8 Å². The molecule has 1 rings (SSSR count). The maximum atomic E-state index is 12.0. The third kappa shape index (κ3) is 5.88. The number of rotatable bonds is 7. The fourth-order valence-corrected chi connectivity index (χ4v) is 3.32. The molecule has 19 heavy (non-hydrogen) atoms. The van der Waals surface area contributed by atoms with Crippen LogP contribution in [0.5, 0.6) is 0 Å². The number of ether oxygens (including phenoxy) is 2. The maximum absolute atomic E-state index is 12.0. The van der Waals surface area contributed by atoms with E-state index in [1.54, 1.807) is 7.05 Å². The summed E-state index contributed by atoms with van der Waals surface area (Å²) in [6, 6.07) is 0. The smallest absolute Gasteiger partial charge is 0.305 e. The molecule has 0 amide bonds. The highest BCUT2D eigenvalue weighted by Gasteiger charge is 2.23. The fraction of sp³-hybridized carbons (Fsp3) is 0.917. The number of methoxy groups -OCH3 is 1. The molecule has 0 aromatic heterocycles. The van der Waals surface area contributed by atoms with Crippen molar-refractivity contribution in [3.05, 3.63) is 0 Å². The molecule has 1 aliphatic rings. The molecule has 0 radical (unpaired) electrons. The zero-order chi connectivity index (χ0) is 14.3. The average Bonchev–Trinajstić information content (AvgIpc) is 2.39. The number of hydrogen-bond acceptors (Lipinski definition) is 5. The Bertz CT molecular complexity index is 376. The number of esters is 1. The standard InChI is InChI=1S/C12H23NO5S/c1-13(10-11-5-7-18-8-6-11)19(15,16)9-3-4-12(14)17-2/h11H,3-10H2,1-2H3. The average molecular weight is 293 g/mol. The van der Waals surface area contributed by atoms with E-state index in [1.165, 1.54) is 11.4 Å². The minimum absolute atomic E-state index is 0.0121. The van der Waals surface area contributed by atoms with E-state index < -0.39 is 10.0 Å². The highest BCUT2D eigenvalue weighted by molar-refractivity contribution is 7.89. The monoisotopic (exact) mass is 293 g/mol. The lowest BCUT2D eigenvalue weighted by Crippen LogP contribution is -2.35. The van der Waals surface area contributed by atoms with Crippen LogP contribution in [0.3, 0.4) is 0 Å². The molecule has 0 bridgehead atoms. The first kappa shape index (κ1) is 16.4. The lowest BCUT2D eigenvalue weighted by atomic mass is 10.0. The molecule has 6 nitrogen and oxygen atoms in total. The van der Waals surface area contributed by atoms with Crippen LogP contribution in [-0.2, 0) is 24.3 Å². The van der Waals surface area contributed by atoms with Gasteiger partial charge in [0.2, 0.25) is 10.0 Å². The molecule has 0 N–H and O–H groups in total. The molecule has 7 heteroatoms. The van der Waals surface area contributed by atoms with E-state index in [4.69, 9.17) is 4.74 Å². The number of carbonyl (C=O) groups is 1. The normalized spacial score (nSPS) is 17.6. The van der Waals surface area contributed by atoms with Crippen LogP contribution in [0.1, 0.15) is 25.7 Å². The Morgan fingerprint density at radius 2 is 2.00 bits per heavy atom. The summed E-state index contributed by atoms with van der Waals surface area (Å²) in [6.45, 7) is 1.95. The van der Waals surface area contributed by atoms with Crippen LogP contribution in [0.25, 0.3) is 0 Å². The van der Waals surface area contributed by atoms with Crippen molar-refractivity contribution >= 4 is 16.0 Å². The second kappa shape index (κ2) is 7.81. The van der Waals surface area contributed by atoms with Gasteiger partial charge in [-0.15, -0.1) is 0 Å². The molecular formula is C12H23NO5S. The highest BCUT2D eigenvalue weighted by atomic mass is 32.2. The molecule has 0 aliphatic carbocycles. The minimum atomic E-state index is -3.28. The Hall–Kier alpha value is -0.660. The Kier molecular flexibility index (Phi) is 6.74. The van der Waals surface area contributed by atoms with Crippen molar-refractivity contribution < 1.29 is 22.7 Å². The Labute approximate surface area is 115 Å². The van der Waals surface area contributed by atoms with Crippen LogP contribution >= 0.6 is 0 Å². The second-order valence-electron chi connectivity index (χ2n) is 4.83. The number of hydrogen-bond donors (Lipinski definition) is 0. The summed E-state index contributed by atoms with van der Waals surface area (Å²) in [6.07, 6.45) is 2.25. The lowest BCUT2D eigenvalue weighted by Gasteiger charge is -2.26. The third-order valence-electron chi connectivity index (χ3n) is 3.34. The molecule has 1 fully saturated rings. The Balaban J connectivity index is 2.35. The van der Waals surface area contributed by atoms with E-state index in [9.17, 15) is 13.2 Å². The van der Waals surface area contributed by atoms with Crippen molar-refractivity contribution in [1.29, 1.82) is 0 Å². The van der Waals surface area contributed by atoms with Crippen LogP contribution < -0.4 is 0 Å². The van der Waals surface area contributed by atoms with Crippen LogP contribution in [-0.4, -0.2) is 58.4 Å². The van der Waals surface area contributed by atoms with Gasteiger partial charge in [-0.2, -0.15) is 0 Å². The topological polar surface area (TPSA) is 72.9 Å². The van der Waals surface area contributed by atoms with Crippen LogP contribution in [0.15, 0.2) is 0 Å². The molecule has 0 saturated carbocycles. The fourth-order valence-electron chi connectivity index (χ4n) is 2.06. The van der Waals surface area contributed by atoms with Crippen molar-refractivity contribution in [2.24, 2.45) is 5.92 Å². The van der Waals surface area contributed by atoms with Crippen LogP contribution in [0.4, 0.5) is 0 Å². The molecule has 1 aliphatic heterocycles. The quantitative estimate of drug-likeness (QED) is 0.644. The molecular weight excluding hydrogens is 270 g/mol. The zero-order valence-corrected chi connectivity index (χ0v) is 12.4. The van der Waals surface area contributed by atoms with Gasteiger partial charge >= 0.3 is 5.97 Å². The molecule has 0 aromatic carbocycles. The summed E-state index contributed by atoms with van der Waals surface area (Å²) in [7, 11) is -0.379. The summed E-state index contributed by atoms with van der Waals surface area (Å²) < 4.78 is 35.2. The highest BCUT2D eigenvalue weighted by Crippen LogP contribution is 2.17. The number of carbonyl (C=O) groups excluding carboxylic acids is 1. The van der Waals surface area contributed by atoms with Crippen LogP contribution in [0.2, 0.25) is 0 Å². The van der Waals surface area contributed by atoms with Crippen molar-refractivity contribution in [3.63, 3.8) is 0 Å². The van der Waals surface area contributed by atoms with E-state index in [0.29, 0.717) is 32.1 Å². The Morgan fingerprint density at radius 1 is 1.37 bits per heavy atom. The number of nitrogens with zero attached hydrogens (tertiary/aromatic N) is 1. The Morgan fingerprint density at radius 3 is 2.58 bits per heavy atom. The van der Waals surface area contributed by atoms with Crippen LogP contribution in [0, 0.1) is 5.92 Å². The van der Waals surface area contributed by atoms with Gasteiger partial charge in [0, 0.05) is 33.2 Å². The van der Waals surface area contributed by atoms with E-state index in [-0.39, 0.29) is 18.1 Å². The molecule has 1 heterocycles. The van der Waals surface area contributed by atoms with Gasteiger partial charge in [0.05, 0.1) is 12.9 Å². The van der Waals surface area contributed by atoms with Crippen molar-refractivity contribution in [2.45, 2.75) is 25.7 Å². The predicted molar refractivity (Wildman–Crippen MR) is 71.2 cm³/mol. The first-order valence-electron chi connectivity index (χ1n) is 6.54. The summed E-state index contributed by atoms with van der Waals surface area (Å²) >= 11 is 0. The zero-order valence-electron chi connectivity index (χ0n) is 11.6. The van der Waals surface area contributed by atoms with Gasteiger partial charge in [0.15, 0.2) is 0 Å². The van der Waals surface area contributed by atoms with Gasteiger partial charge in [-0.3, -0.25) is 4.79 Å². The SMILES string of the molecule is COC(=O)CCCS(=O)(=O)N(C)CC1CCOCC1. The number of sulfonamides is 1. The third-order valence-corrected chi connectivity index (χ3v) is 5.25. The van der Waals surface area contributed by atoms with Gasteiger partial charge in [-0.1, -0.05) is 0 Å². The van der Waals surface area contributed by atoms with Gasteiger partial charge < -0.3 is 9.47 Å². The maximum Gasteiger partial charge on any atom is 0.305 e. The molecule has 0 spiro atoms. The molecule has 1 saturated heterocycles. The van der Waals surface area contributed by atoms with Gasteiger partial charge in [-0.05, 0) is 25.2 Å². The minimum Gasteiger partial charge on any atom is -0.469 e. The summed E-state index contributed by atoms with van der Waals surface area (Å²) in [5.41, 5.74) is 0. The van der Waals surface area contributed by atoms with E-state index in [1.807, 2.05) is 0 Å². The first-order valence-corrected chi connectivity index (χ1v) is 8.15. The first-order chi connectivity index (χ1) is 8.95. The second-order valence-corrected chi connectivity index (χ2v) is 7.03. The predicted octanol–water partition coefficient (Wildman–Crippen LogP) is 0.628. The largest absolute Gasteiger partial charge is 0.469 e. The molecule has 112 valence electrons. The van der Waals surface area contributed by atoms with Gasteiger partial charge in [0.25, 0.3) is 0 Å². The molecule has 0 atom stereocenters. The summed E-state index contributed by atoms with van der Waals surface area (Å²) in [4.78, 5) is 10.9. The van der Waals surface area contributed by atoms with E-state index in [2.05, 4.69) is 4.74 Å². The van der Waals surface area contributed by atoms with Crippen molar-refractivity contribution in [2.75, 3.05) is 39.7 Å². The van der Waals surface area contributed by atoms with Gasteiger partial charge in [0.1, 0.15) is 0 Å². The summed E-state index contributed by atoms with van der Waals surface area (Å²) in [5.74, 6) is -0.0154. The lowest BCUT2D eigenvalue weighted by molar-refractivity contribution is -0.140. The molecule has 0 aromatic rings. The van der Waals surface area contributed by atoms with E-state index >= 15 is 0 Å².